The third-order valence-electron chi connectivity index (χ3n) is 3.75. The summed E-state index contributed by atoms with van der Waals surface area (Å²) in [5.74, 6) is 0. The second kappa shape index (κ2) is 7.11. The van der Waals surface area contributed by atoms with Crippen LogP contribution in [0.5, 0.6) is 0 Å². The zero-order valence-electron chi connectivity index (χ0n) is 13.2. The average molecular weight is 320 g/mol. The first-order valence-electron chi connectivity index (χ1n) is 7.53. The Morgan fingerprint density at radius 1 is 0.640 bits per heavy atom. The maximum absolute atomic E-state index is 8.99. The van der Waals surface area contributed by atoms with Crippen molar-refractivity contribution in [3.63, 3.8) is 0 Å². The Morgan fingerprint density at radius 3 is 1.32 bits per heavy atom. The van der Waals surface area contributed by atoms with E-state index in [2.05, 4.69) is 17.0 Å². The number of benzene rings is 3. The van der Waals surface area contributed by atoms with Crippen molar-refractivity contribution in [1.82, 2.24) is 4.90 Å². The fraction of sp³-hybridized carbons (Fsp3) is 0. The largest absolute Gasteiger partial charge is 0.238 e. The molecular formula is C21H12N4+. The summed E-state index contributed by atoms with van der Waals surface area (Å²) >= 11 is 0. The SMILES string of the molecule is [C-]#[N+]c1ccc([N+](c2ccc(C#N)cc2)c2ccc(C#N)cc2)cc1. The Hall–Kier alpha value is -3.91. The number of anilines is 3. The van der Waals surface area contributed by atoms with Gasteiger partial charge < -0.3 is 0 Å². The number of hydrogen-bond acceptors (Lipinski definition) is 3. The molecule has 0 spiro atoms. The van der Waals surface area contributed by atoms with Crippen LogP contribution in [0.3, 0.4) is 0 Å². The van der Waals surface area contributed by atoms with Crippen LogP contribution in [0.4, 0.5) is 22.7 Å². The van der Waals surface area contributed by atoms with Crippen molar-refractivity contribution in [2.24, 2.45) is 0 Å². The summed E-state index contributed by atoms with van der Waals surface area (Å²) < 4.78 is 0. The molecule has 4 nitrogen and oxygen atoms in total. The minimum atomic E-state index is 0.573. The van der Waals surface area contributed by atoms with E-state index < -0.39 is 0 Å². The molecule has 25 heavy (non-hydrogen) atoms. The standard InChI is InChI=1S/C21H12N4/c1-24-18-6-12-21(13-7-18)25(19-8-2-16(14-22)3-9-19)20-10-4-17(15-23)5-11-20/h2-13H/q+1. The van der Waals surface area contributed by atoms with Crippen LogP contribution >= 0.6 is 0 Å². The Balaban J connectivity index is 2.10. The van der Waals surface area contributed by atoms with Crippen LogP contribution in [-0.2, 0) is 0 Å². The van der Waals surface area contributed by atoms with Crippen LogP contribution in [0.15, 0.2) is 72.8 Å². The minimum absolute atomic E-state index is 0.573. The number of nitriles is 2. The molecule has 0 aliphatic rings. The van der Waals surface area contributed by atoms with E-state index in [1.54, 1.807) is 36.4 Å². The highest BCUT2D eigenvalue weighted by atomic mass is 15.1. The molecule has 0 N–H and O–H groups in total. The zero-order chi connectivity index (χ0) is 17.6. The predicted molar refractivity (Wildman–Crippen MR) is 96.1 cm³/mol. The molecule has 3 rings (SSSR count). The van der Waals surface area contributed by atoms with Crippen LogP contribution in [-0.4, -0.2) is 0 Å². The summed E-state index contributed by atoms with van der Waals surface area (Å²) in [6, 6.07) is 26.1. The molecule has 0 aromatic heterocycles. The molecular weight excluding hydrogens is 308 g/mol. The lowest BCUT2D eigenvalue weighted by Gasteiger charge is -2.11. The average Bonchev–Trinajstić information content (AvgIpc) is 2.70. The molecule has 0 fully saturated rings. The van der Waals surface area contributed by atoms with E-state index in [9.17, 15) is 0 Å². The fourth-order valence-electron chi connectivity index (χ4n) is 2.49. The molecule has 3 aromatic carbocycles. The van der Waals surface area contributed by atoms with E-state index in [0.29, 0.717) is 16.8 Å². The summed E-state index contributed by atoms with van der Waals surface area (Å²) in [6.45, 7) is 7.09. The molecule has 3 aromatic rings. The lowest BCUT2D eigenvalue weighted by molar-refractivity contribution is 0.930. The maximum Gasteiger partial charge on any atom is 0.192 e. The normalized spacial score (nSPS) is 9.84. The van der Waals surface area contributed by atoms with E-state index in [0.717, 1.165) is 17.1 Å². The van der Waals surface area contributed by atoms with Gasteiger partial charge in [0, 0.05) is 24.3 Å². The summed E-state index contributed by atoms with van der Waals surface area (Å²) in [6.07, 6.45) is 0. The highest BCUT2D eigenvalue weighted by Crippen LogP contribution is 2.34. The summed E-state index contributed by atoms with van der Waals surface area (Å²) in [7, 11) is 0. The Kier molecular flexibility index (Phi) is 4.54. The first kappa shape index (κ1) is 16.0. The van der Waals surface area contributed by atoms with Crippen LogP contribution in [0.25, 0.3) is 4.85 Å². The first-order chi connectivity index (χ1) is 12.2. The lowest BCUT2D eigenvalue weighted by Crippen LogP contribution is -2.11. The zero-order valence-corrected chi connectivity index (χ0v) is 13.2. The van der Waals surface area contributed by atoms with Gasteiger partial charge in [0.15, 0.2) is 22.7 Å². The minimum Gasteiger partial charge on any atom is -0.238 e. The molecule has 0 heterocycles. The molecule has 0 saturated heterocycles. The lowest BCUT2D eigenvalue weighted by atomic mass is 10.1. The van der Waals surface area contributed by atoms with Gasteiger partial charge in [0.25, 0.3) is 0 Å². The summed E-state index contributed by atoms with van der Waals surface area (Å²) in [4.78, 5) is 5.43. The summed E-state index contributed by atoms with van der Waals surface area (Å²) in [5.41, 5.74) is 4.42. The molecule has 0 amide bonds. The highest BCUT2D eigenvalue weighted by molar-refractivity contribution is 5.67. The third-order valence-corrected chi connectivity index (χ3v) is 3.75. The van der Waals surface area contributed by atoms with Crippen LogP contribution in [0.2, 0.25) is 0 Å². The van der Waals surface area contributed by atoms with Crippen molar-refractivity contribution < 1.29 is 0 Å². The quantitative estimate of drug-likeness (QED) is 0.478. The molecule has 0 unspecified atom stereocenters. The third kappa shape index (κ3) is 3.38. The molecule has 0 aliphatic carbocycles. The van der Waals surface area contributed by atoms with Gasteiger partial charge in [-0.1, -0.05) is 17.0 Å². The smallest absolute Gasteiger partial charge is 0.192 e. The van der Waals surface area contributed by atoms with Crippen LogP contribution < -0.4 is 4.90 Å². The van der Waals surface area contributed by atoms with Gasteiger partial charge in [-0.2, -0.15) is 10.5 Å². The predicted octanol–water partition coefficient (Wildman–Crippen LogP) is 5.42. The molecule has 0 saturated carbocycles. The van der Waals surface area contributed by atoms with Gasteiger partial charge in [0.2, 0.25) is 0 Å². The Morgan fingerprint density at radius 2 is 1.00 bits per heavy atom. The number of hydrogen-bond donors (Lipinski definition) is 0. The van der Waals surface area contributed by atoms with Crippen molar-refractivity contribution >= 4 is 22.7 Å². The number of nitrogens with zero attached hydrogens (tertiary/aromatic N) is 4. The van der Waals surface area contributed by atoms with Crippen LogP contribution in [0.1, 0.15) is 11.1 Å². The topological polar surface area (TPSA) is 57.8 Å². The van der Waals surface area contributed by atoms with Crippen molar-refractivity contribution in [2.75, 3.05) is 0 Å². The second-order valence-electron chi connectivity index (χ2n) is 5.28. The van der Waals surface area contributed by atoms with E-state index >= 15 is 0 Å². The van der Waals surface area contributed by atoms with E-state index in [1.807, 2.05) is 41.3 Å². The van der Waals surface area contributed by atoms with Gasteiger partial charge in [-0.15, -0.1) is 0 Å². The molecule has 4 heteroatoms. The van der Waals surface area contributed by atoms with Gasteiger partial charge >= 0.3 is 0 Å². The molecule has 0 aliphatic heterocycles. The highest BCUT2D eigenvalue weighted by Gasteiger charge is 2.25. The van der Waals surface area contributed by atoms with Crippen molar-refractivity contribution in [2.45, 2.75) is 0 Å². The first-order valence-corrected chi connectivity index (χ1v) is 7.53. The van der Waals surface area contributed by atoms with Crippen LogP contribution in [0, 0.1) is 29.2 Å². The monoisotopic (exact) mass is 320 g/mol. The summed E-state index contributed by atoms with van der Waals surface area (Å²) in [5, 5.41) is 18.0. The van der Waals surface area contributed by atoms with Gasteiger partial charge in [-0.3, -0.25) is 0 Å². The van der Waals surface area contributed by atoms with E-state index in [1.165, 1.54) is 0 Å². The second-order valence-corrected chi connectivity index (χ2v) is 5.28. The van der Waals surface area contributed by atoms with Crippen molar-refractivity contribution in [1.29, 1.82) is 10.5 Å². The van der Waals surface area contributed by atoms with Crippen molar-refractivity contribution in [3.8, 4) is 12.1 Å². The molecule has 0 atom stereocenters. The number of rotatable bonds is 3. The van der Waals surface area contributed by atoms with Gasteiger partial charge in [-0.05, 0) is 36.4 Å². The van der Waals surface area contributed by atoms with Gasteiger partial charge in [-0.25, -0.2) is 4.85 Å². The van der Waals surface area contributed by atoms with Gasteiger partial charge in [0.1, 0.15) is 0 Å². The fourth-order valence-corrected chi connectivity index (χ4v) is 2.49. The Bertz CT molecular complexity index is 860. The molecule has 1 radical (unpaired) electrons. The Labute approximate surface area is 146 Å². The van der Waals surface area contributed by atoms with Crippen molar-refractivity contribution in [3.05, 3.63) is 95.3 Å². The van der Waals surface area contributed by atoms with E-state index in [-0.39, 0.29) is 0 Å². The van der Waals surface area contributed by atoms with E-state index in [4.69, 9.17) is 17.1 Å². The molecule has 0 bridgehead atoms. The molecule has 115 valence electrons. The maximum atomic E-state index is 8.99. The van der Waals surface area contributed by atoms with Gasteiger partial charge in [0.05, 0.1) is 29.8 Å².